The molecule has 0 heterocycles. The van der Waals surface area contributed by atoms with E-state index in [1.807, 2.05) is 13.8 Å². The lowest BCUT2D eigenvalue weighted by Gasteiger charge is -2.33. The van der Waals surface area contributed by atoms with Gasteiger partial charge in [0, 0.05) is 0 Å². The first-order chi connectivity index (χ1) is 5.61. The standard InChI is InChI=1S/C9H18O3/c1-6(2)12-9-7(10)4-3-5-8(9)11/h6-11H,3-5H2,1-2H3/t7-,8-/m1/s1. The normalized spacial score (nSPS) is 32.8. The molecule has 12 heavy (non-hydrogen) atoms. The maximum atomic E-state index is 9.50. The van der Waals surface area contributed by atoms with Crippen molar-refractivity contribution in [3.8, 4) is 0 Å². The van der Waals surface area contributed by atoms with Gasteiger partial charge in [0.25, 0.3) is 0 Å². The van der Waals surface area contributed by atoms with Crippen molar-refractivity contribution in [3.05, 3.63) is 0 Å². The fourth-order valence-corrected chi connectivity index (χ4v) is 1.62. The van der Waals surface area contributed by atoms with E-state index in [0.717, 1.165) is 19.3 Å². The summed E-state index contributed by atoms with van der Waals surface area (Å²) in [6, 6.07) is 0. The summed E-state index contributed by atoms with van der Waals surface area (Å²) in [4.78, 5) is 0. The van der Waals surface area contributed by atoms with Gasteiger partial charge in [-0.3, -0.25) is 0 Å². The minimum atomic E-state index is -0.490. The first-order valence-electron chi connectivity index (χ1n) is 4.63. The van der Waals surface area contributed by atoms with Gasteiger partial charge < -0.3 is 14.9 Å². The Kier molecular flexibility index (Phi) is 3.50. The van der Waals surface area contributed by atoms with Crippen LogP contribution in [-0.4, -0.2) is 34.6 Å². The van der Waals surface area contributed by atoms with Crippen LogP contribution in [0.25, 0.3) is 0 Å². The Hall–Kier alpha value is -0.120. The van der Waals surface area contributed by atoms with Crippen molar-refractivity contribution < 1.29 is 14.9 Å². The van der Waals surface area contributed by atoms with E-state index >= 15 is 0 Å². The fourth-order valence-electron chi connectivity index (χ4n) is 1.62. The van der Waals surface area contributed by atoms with Crippen molar-refractivity contribution in [1.82, 2.24) is 0 Å². The number of aliphatic hydroxyl groups is 2. The third-order valence-corrected chi connectivity index (χ3v) is 2.19. The van der Waals surface area contributed by atoms with E-state index in [-0.39, 0.29) is 12.2 Å². The molecule has 0 amide bonds. The van der Waals surface area contributed by atoms with Crippen LogP contribution in [0.1, 0.15) is 33.1 Å². The molecular weight excluding hydrogens is 156 g/mol. The number of ether oxygens (including phenoxy) is 1. The second-order valence-electron chi connectivity index (χ2n) is 3.72. The lowest BCUT2D eigenvalue weighted by Crippen LogP contribution is -2.44. The van der Waals surface area contributed by atoms with Gasteiger partial charge in [0.05, 0.1) is 18.3 Å². The van der Waals surface area contributed by atoms with E-state index in [1.165, 1.54) is 0 Å². The molecule has 0 radical (unpaired) electrons. The molecule has 2 N–H and O–H groups in total. The second kappa shape index (κ2) is 4.21. The predicted molar refractivity (Wildman–Crippen MR) is 45.9 cm³/mol. The van der Waals surface area contributed by atoms with Crippen molar-refractivity contribution in [3.63, 3.8) is 0 Å². The van der Waals surface area contributed by atoms with Gasteiger partial charge in [0.2, 0.25) is 0 Å². The summed E-state index contributed by atoms with van der Waals surface area (Å²) in [5.74, 6) is 0. The minimum absolute atomic E-state index is 0.0670. The molecule has 0 aromatic rings. The highest BCUT2D eigenvalue weighted by molar-refractivity contribution is 4.82. The van der Waals surface area contributed by atoms with Gasteiger partial charge in [-0.25, -0.2) is 0 Å². The van der Waals surface area contributed by atoms with Gasteiger partial charge in [-0.15, -0.1) is 0 Å². The maximum Gasteiger partial charge on any atom is 0.109 e. The molecule has 0 spiro atoms. The van der Waals surface area contributed by atoms with E-state index in [4.69, 9.17) is 4.74 Å². The molecule has 0 aromatic carbocycles. The summed E-state index contributed by atoms with van der Waals surface area (Å²) in [6.45, 7) is 3.82. The highest BCUT2D eigenvalue weighted by Crippen LogP contribution is 2.22. The third-order valence-electron chi connectivity index (χ3n) is 2.19. The second-order valence-corrected chi connectivity index (χ2v) is 3.72. The first-order valence-corrected chi connectivity index (χ1v) is 4.63. The van der Waals surface area contributed by atoms with E-state index < -0.39 is 12.2 Å². The quantitative estimate of drug-likeness (QED) is 0.647. The molecule has 3 nitrogen and oxygen atoms in total. The Labute approximate surface area is 73.4 Å². The van der Waals surface area contributed by atoms with Crippen molar-refractivity contribution >= 4 is 0 Å². The highest BCUT2D eigenvalue weighted by atomic mass is 16.5. The van der Waals surface area contributed by atoms with Crippen LogP contribution in [0.5, 0.6) is 0 Å². The van der Waals surface area contributed by atoms with Crippen molar-refractivity contribution in [1.29, 1.82) is 0 Å². The van der Waals surface area contributed by atoms with Gasteiger partial charge in [-0.05, 0) is 33.1 Å². The Morgan fingerprint density at radius 1 is 1.17 bits per heavy atom. The average Bonchev–Trinajstić information content (AvgIpc) is 1.97. The summed E-state index contributed by atoms with van der Waals surface area (Å²) < 4.78 is 5.42. The number of aliphatic hydroxyl groups excluding tert-OH is 2. The van der Waals surface area contributed by atoms with Gasteiger partial charge in [-0.2, -0.15) is 0 Å². The van der Waals surface area contributed by atoms with Crippen LogP contribution < -0.4 is 0 Å². The molecule has 0 saturated heterocycles. The molecule has 1 rings (SSSR count). The summed E-state index contributed by atoms with van der Waals surface area (Å²) in [5.41, 5.74) is 0. The number of hydrogen-bond acceptors (Lipinski definition) is 3. The predicted octanol–water partition coefficient (Wildman–Crippen LogP) is 0.686. The number of hydrogen-bond donors (Lipinski definition) is 2. The van der Waals surface area contributed by atoms with Crippen molar-refractivity contribution in [2.24, 2.45) is 0 Å². The molecule has 72 valence electrons. The minimum Gasteiger partial charge on any atom is -0.390 e. The van der Waals surface area contributed by atoms with Crippen LogP contribution in [0.3, 0.4) is 0 Å². The average molecular weight is 174 g/mol. The molecule has 3 heteroatoms. The van der Waals surface area contributed by atoms with Crippen molar-refractivity contribution in [2.75, 3.05) is 0 Å². The zero-order chi connectivity index (χ0) is 9.14. The molecule has 2 atom stereocenters. The Balaban J connectivity index is 2.45. The SMILES string of the molecule is CC(C)OC1[C@H](O)CCC[C@H]1O. The summed E-state index contributed by atoms with van der Waals surface area (Å²) >= 11 is 0. The fraction of sp³-hybridized carbons (Fsp3) is 1.00. The van der Waals surface area contributed by atoms with E-state index in [0.29, 0.717) is 0 Å². The zero-order valence-electron chi connectivity index (χ0n) is 7.73. The maximum absolute atomic E-state index is 9.50. The molecule has 1 saturated carbocycles. The highest BCUT2D eigenvalue weighted by Gasteiger charge is 2.32. The summed E-state index contributed by atoms with van der Waals surface area (Å²) in [6.07, 6.45) is 1.09. The van der Waals surface area contributed by atoms with Crippen molar-refractivity contribution in [2.45, 2.75) is 57.5 Å². The van der Waals surface area contributed by atoms with Gasteiger partial charge in [-0.1, -0.05) is 0 Å². The largest absolute Gasteiger partial charge is 0.390 e. The smallest absolute Gasteiger partial charge is 0.109 e. The van der Waals surface area contributed by atoms with Gasteiger partial charge in [0.1, 0.15) is 6.10 Å². The Bertz CT molecular complexity index is 126. The molecule has 0 unspecified atom stereocenters. The van der Waals surface area contributed by atoms with E-state index in [1.54, 1.807) is 0 Å². The molecule has 0 aromatic heterocycles. The molecule has 1 fully saturated rings. The topological polar surface area (TPSA) is 49.7 Å². The third kappa shape index (κ3) is 2.44. The van der Waals surface area contributed by atoms with Gasteiger partial charge in [0.15, 0.2) is 0 Å². The first kappa shape index (κ1) is 9.96. The van der Waals surface area contributed by atoms with Crippen LogP contribution >= 0.6 is 0 Å². The Morgan fingerprint density at radius 2 is 1.67 bits per heavy atom. The summed E-state index contributed by atoms with van der Waals surface area (Å²) in [7, 11) is 0. The van der Waals surface area contributed by atoms with Crippen LogP contribution in [-0.2, 0) is 4.74 Å². The van der Waals surface area contributed by atoms with E-state index in [9.17, 15) is 10.2 Å². The van der Waals surface area contributed by atoms with E-state index in [2.05, 4.69) is 0 Å². The van der Waals surface area contributed by atoms with Crippen LogP contribution in [0.4, 0.5) is 0 Å². The summed E-state index contributed by atoms with van der Waals surface area (Å²) in [5, 5.41) is 19.0. The lowest BCUT2D eigenvalue weighted by molar-refractivity contribution is -0.138. The molecule has 1 aliphatic rings. The lowest BCUT2D eigenvalue weighted by atomic mass is 9.92. The van der Waals surface area contributed by atoms with Crippen LogP contribution in [0.15, 0.2) is 0 Å². The van der Waals surface area contributed by atoms with Gasteiger partial charge >= 0.3 is 0 Å². The molecule has 0 aliphatic heterocycles. The molecule has 1 aliphatic carbocycles. The zero-order valence-corrected chi connectivity index (χ0v) is 7.73. The Morgan fingerprint density at radius 3 is 2.08 bits per heavy atom. The monoisotopic (exact) mass is 174 g/mol. The molecule has 0 bridgehead atoms. The van der Waals surface area contributed by atoms with Crippen LogP contribution in [0.2, 0.25) is 0 Å². The molecular formula is C9H18O3. The van der Waals surface area contributed by atoms with Crippen LogP contribution in [0, 0.1) is 0 Å². The number of rotatable bonds is 2.